The van der Waals surface area contributed by atoms with Gasteiger partial charge in [-0.3, -0.25) is 9.88 Å². The van der Waals surface area contributed by atoms with Gasteiger partial charge >= 0.3 is 12.1 Å². The van der Waals surface area contributed by atoms with Gasteiger partial charge in [0.1, 0.15) is 0 Å². The van der Waals surface area contributed by atoms with E-state index in [-0.39, 0.29) is 11.5 Å². The number of rotatable bonds is 5. The van der Waals surface area contributed by atoms with Crippen molar-refractivity contribution in [2.75, 3.05) is 32.5 Å². The molecular formula is C17H24F3N3O5S. The summed E-state index contributed by atoms with van der Waals surface area (Å²) in [6.07, 6.45) is -0.0528. The predicted octanol–water partition coefficient (Wildman–Crippen LogP) is 1.25. The molecule has 3 heterocycles. The highest BCUT2D eigenvalue weighted by Gasteiger charge is 2.46. The van der Waals surface area contributed by atoms with E-state index in [1.54, 1.807) is 0 Å². The van der Waals surface area contributed by atoms with Crippen LogP contribution in [0, 0.1) is 5.92 Å². The standard InChI is InChI=1S/C15H23N3O3S.C2HF3O2/c1-22(19,20)17-8-13-5-6-15(21-10-13)11-18(12-15)9-14-4-2-3-7-16-14;3-2(4,5)1(6)7/h2-4,7,13,17H,5-6,8-12H2,1H3;(H,6,7). The molecule has 3 rings (SSSR count). The molecule has 0 aliphatic carbocycles. The second-order valence-corrected chi connectivity index (χ2v) is 9.12. The quantitative estimate of drug-likeness (QED) is 0.711. The van der Waals surface area contributed by atoms with Crippen molar-refractivity contribution in [3.63, 3.8) is 0 Å². The molecule has 0 aromatic carbocycles. The fraction of sp³-hybridized carbons (Fsp3) is 0.647. The largest absolute Gasteiger partial charge is 0.490 e. The number of hydrogen-bond donors (Lipinski definition) is 2. The van der Waals surface area contributed by atoms with E-state index in [9.17, 15) is 21.6 Å². The van der Waals surface area contributed by atoms with Gasteiger partial charge in [-0.25, -0.2) is 17.9 Å². The van der Waals surface area contributed by atoms with Crippen LogP contribution in [0.1, 0.15) is 18.5 Å². The number of carboxylic acid groups (broad SMARTS) is 1. The van der Waals surface area contributed by atoms with Gasteiger partial charge in [0.25, 0.3) is 0 Å². The third-order valence-electron chi connectivity index (χ3n) is 4.65. The number of pyridine rings is 1. The van der Waals surface area contributed by atoms with Crippen LogP contribution in [-0.4, -0.2) is 73.7 Å². The summed E-state index contributed by atoms with van der Waals surface area (Å²) < 4.78 is 62.6. The van der Waals surface area contributed by atoms with Crippen molar-refractivity contribution in [3.8, 4) is 0 Å². The number of aliphatic carboxylic acids is 1. The van der Waals surface area contributed by atoms with Crippen LogP contribution in [0.3, 0.4) is 0 Å². The number of nitrogens with zero attached hydrogens (tertiary/aromatic N) is 2. The minimum Gasteiger partial charge on any atom is -0.475 e. The normalized spacial score (nSPS) is 21.7. The summed E-state index contributed by atoms with van der Waals surface area (Å²) >= 11 is 0. The molecule has 0 saturated carbocycles. The average molecular weight is 439 g/mol. The first kappa shape index (κ1) is 23.5. The monoisotopic (exact) mass is 439 g/mol. The van der Waals surface area contributed by atoms with Gasteiger partial charge in [-0.15, -0.1) is 0 Å². The number of alkyl halides is 3. The SMILES string of the molecule is CS(=O)(=O)NCC1CCC2(CN(Cc3ccccn3)C2)OC1.O=C(O)C(F)(F)F. The molecule has 164 valence electrons. The molecule has 0 amide bonds. The molecule has 1 unspecified atom stereocenters. The summed E-state index contributed by atoms with van der Waals surface area (Å²) in [7, 11) is -3.11. The first-order chi connectivity index (χ1) is 13.4. The molecule has 2 saturated heterocycles. The summed E-state index contributed by atoms with van der Waals surface area (Å²) in [6.45, 7) is 3.86. The van der Waals surface area contributed by atoms with Crippen LogP contribution in [0.4, 0.5) is 13.2 Å². The molecule has 2 fully saturated rings. The Morgan fingerprint density at radius 3 is 2.52 bits per heavy atom. The molecule has 2 N–H and O–H groups in total. The van der Waals surface area contributed by atoms with E-state index < -0.39 is 22.2 Å². The van der Waals surface area contributed by atoms with Crippen molar-refractivity contribution in [2.24, 2.45) is 5.92 Å². The van der Waals surface area contributed by atoms with Crippen LogP contribution in [-0.2, 0) is 26.1 Å². The zero-order valence-corrected chi connectivity index (χ0v) is 16.7. The summed E-state index contributed by atoms with van der Waals surface area (Å²) in [5, 5.41) is 7.12. The van der Waals surface area contributed by atoms with Crippen LogP contribution >= 0.6 is 0 Å². The molecule has 2 aliphatic rings. The Labute approximate surface area is 167 Å². The van der Waals surface area contributed by atoms with Crippen molar-refractivity contribution in [1.82, 2.24) is 14.6 Å². The number of carbonyl (C=O) groups is 1. The molecule has 1 atom stereocenters. The first-order valence-electron chi connectivity index (χ1n) is 8.89. The fourth-order valence-corrected chi connectivity index (χ4v) is 3.74. The van der Waals surface area contributed by atoms with Crippen LogP contribution in [0.15, 0.2) is 24.4 Å². The smallest absolute Gasteiger partial charge is 0.475 e. The topological polar surface area (TPSA) is 109 Å². The highest BCUT2D eigenvalue weighted by Crippen LogP contribution is 2.36. The first-order valence-corrected chi connectivity index (χ1v) is 10.8. The van der Waals surface area contributed by atoms with E-state index in [1.807, 2.05) is 24.4 Å². The van der Waals surface area contributed by atoms with Gasteiger partial charge < -0.3 is 9.84 Å². The van der Waals surface area contributed by atoms with Gasteiger partial charge in [-0.05, 0) is 30.9 Å². The number of halogens is 3. The minimum atomic E-state index is -5.08. The molecule has 0 radical (unpaired) electrons. The number of hydrogen-bond acceptors (Lipinski definition) is 6. The van der Waals surface area contributed by atoms with E-state index in [0.717, 1.165) is 38.2 Å². The number of likely N-dealkylation sites (tertiary alicyclic amines) is 1. The maximum absolute atomic E-state index is 11.1. The van der Waals surface area contributed by atoms with Crippen molar-refractivity contribution >= 4 is 16.0 Å². The van der Waals surface area contributed by atoms with Crippen molar-refractivity contribution in [3.05, 3.63) is 30.1 Å². The Bertz CT molecular complexity index is 773. The molecule has 0 bridgehead atoms. The third-order valence-corrected chi connectivity index (χ3v) is 5.34. The number of ether oxygens (including phenoxy) is 1. The molecule has 8 nitrogen and oxygen atoms in total. The Balaban J connectivity index is 0.000000370. The van der Waals surface area contributed by atoms with Crippen LogP contribution in [0.25, 0.3) is 0 Å². The lowest BCUT2D eigenvalue weighted by Crippen LogP contribution is -2.64. The second-order valence-electron chi connectivity index (χ2n) is 7.29. The van der Waals surface area contributed by atoms with Gasteiger partial charge in [0.15, 0.2) is 0 Å². The maximum atomic E-state index is 11.1. The van der Waals surface area contributed by atoms with Gasteiger partial charge in [-0.1, -0.05) is 6.07 Å². The van der Waals surface area contributed by atoms with Crippen molar-refractivity contribution in [1.29, 1.82) is 0 Å². The number of carboxylic acids is 1. The number of aromatic nitrogens is 1. The average Bonchev–Trinajstić information content (AvgIpc) is 2.60. The fourth-order valence-electron chi connectivity index (χ4n) is 3.20. The Morgan fingerprint density at radius 2 is 2.07 bits per heavy atom. The van der Waals surface area contributed by atoms with Crippen LogP contribution in [0.2, 0.25) is 0 Å². The lowest BCUT2D eigenvalue weighted by molar-refractivity contribution is -0.192. The zero-order valence-electron chi connectivity index (χ0n) is 15.9. The molecule has 12 heteroatoms. The highest BCUT2D eigenvalue weighted by atomic mass is 32.2. The minimum absolute atomic E-state index is 0.0175. The number of nitrogens with one attached hydrogen (secondary N) is 1. The summed E-state index contributed by atoms with van der Waals surface area (Å²) in [5.74, 6) is -2.47. The van der Waals surface area contributed by atoms with E-state index in [0.29, 0.717) is 13.2 Å². The summed E-state index contributed by atoms with van der Waals surface area (Å²) in [6, 6.07) is 5.98. The lowest BCUT2D eigenvalue weighted by atomic mass is 9.83. The van der Waals surface area contributed by atoms with E-state index >= 15 is 0 Å². The summed E-state index contributed by atoms with van der Waals surface area (Å²) in [5.41, 5.74) is 1.07. The van der Waals surface area contributed by atoms with E-state index in [2.05, 4.69) is 14.6 Å². The van der Waals surface area contributed by atoms with Crippen LogP contribution < -0.4 is 4.72 Å². The second kappa shape index (κ2) is 9.37. The van der Waals surface area contributed by atoms with Crippen molar-refractivity contribution < 1.29 is 36.2 Å². The van der Waals surface area contributed by atoms with E-state index in [4.69, 9.17) is 14.6 Å². The van der Waals surface area contributed by atoms with Gasteiger partial charge in [0.05, 0.1) is 24.2 Å². The van der Waals surface area contributed by atoms with E-state index in [1.165, 1.54) is 6.26 Å². The van der Waals surface area contributed by atoms with Gasteiger partial charge in [-0.2, -0.15) is 13.2 Å². The molecule has 2 aliphatic heterocycles. The molecule has 1 aromatic heterocycles. The molecule has 1 spiro atoms. The highest BCUT2D eigenvalue weighted by molar-refractivity contribution is 7.88. The van der Waals surface area contributed by atoms with Crippen LogP contribution in [0.5, 0.6) is 0 Å². The molecule has 29 heavy (non-hydrogen) atoms. The van der Waals surface area contributed by atoms with Gasteiger partial charge in [0.2, 0.25) is 10.0 Å². The summed E-state index contributed by atoms with van der Waals surface area (Å²) in [4.78, 5) is 15.6. The maximum Gasteiger partial charge on any atom is 0.490 e. The number of sulfonamides is 1. The predicted molar refractivity (Wildman–Crippen MR) is 97.5 cm³/mol. The Morgan fingerprint density at radius 1 is 1.41 bits per heavy atom. The third kappa shape index (κ3) is 7.88. The van der Waals surface area contributed by atoms with Gasteiger partial charge in [0, 0.05) is 32.4 Å². The lowest BCUT2D eigenvalue weighted by Gasteiger charge is -2.52. The molecule has 1 aromatic rings. The van der Waals surface area contributed by atoms with Crippen molar-refractivity contribution in [2.45, 2.75) is 31.2 Å². The zero-order chi connectivity index (χ0) is 21.7. The molecular weight excluding hydrogens is 415 g/mol. The Hall–Kier alpha value is -1.76. The Kier molecular flexibility index (Phi) is 7.60.